The Morgan fingerprint density at radius 3 is 2.71 bits per heavy atom. The maximum atomic E-state index is 13.3. The summed E-state index contributed by atoms with van der Waals surface area (Å²) in [6.45, 7) is 0.435. The third kappa shape index (κ3) is 5.00. The molecule has 0 spiro atoms. The number of halogens is 2. The SMILES string of the molecule is O=C(CSc1nc2ccccc2c(=O)n1CCc1cccs1)Nc1ccc(F)c(F)c1. The lowest BCUT2D eigenvalue weighted by atomic mass is 10.2. The molecule has 4 aromatic rings. The van der Waals surface area contributed by atoms with Gasteiger partial charge >= 0.3 is 0 Å². The number of fused-ring (bicyclic) bond motifs is 1. The van der Waals surface area contributed by atoms with E-state index in [1.54, 1.807) is 40.2 Å². The molecule has 0 bridgehead atoms. The van der Waals surface area contributed by atoms with Crippen LogP contribution in [0.15, 0.2) is 69.9 Å². The Morgan fingerprint density at radius 1 is 1.10 bits per heavy atom. The summed E-state index contributed by atoms with van der Waals surface area (Å²) >= 11 is 2.74. The number of nitrogens with one attached hydrogen (secondary N) is 1. The van der Waals surface area contributed by atoms with Gasteiger partial charge in [-0.15, -0.1) is 11.3 Å². The van der Waals surface area contributed by atoms with Crippen LogP contribution in [0, 0.1) is 11.6 Å². The molecule has 0 aliphatic heterocycles. The Balaban J connectivity index is 1.54. The van der Waals surface area contributed by atoms with Crippen molar-refractivity contribution in [3.05, 3.63) is 86.8 Å². The normalized spacial score (nSPS) is 11.0. The molecule has 2 aromatic heterocycles. The van der Waals surface area contributed by atoms with Gasteiger partial charge in [0, 0.05) is 23.2 Å². The first-order chi connectivity index (χ1) is 15.0. The van der Waals surface area contributed by atoms with Crippen LogP contribution >= 0.6 is 23.1 Å². The molecule has 1 amide bonds. The number of rotatable bonds is 7. The quantitative estimate of drug-likeness (QED) is 0.323. The lowest BCUT2D eigenvalue weighted by Gasteiger charge is -2.13. The fraction of sp³-hybridized carbons (Fsp3) is 0.136. The van der Waals surface area contributed by atoms with Gasteiger partial charge in [-0.3, -0.25) is 14.2 Å². The van der Waals surface area contributed by atoms with E-state index in [0.29, 0.717) is 29.0 Å². The van der Waals surface area contributed by atoms with Crippen molar-refractivity contribution in [3.8, 4) is 0 Å². The van der Waals surface area contributed by atoms with E-state index in [1.807, 2.05) is 17.5 Å². The fourth-order valence-electron chi connectivity index (χ4n) is 3.03. The zero-order valence-electron chi connectivity index (χ0n) is 16.2. The van der Waals surface area contributed by atoms with Crippen LogP contribution in [0.4, 0.5) is 14.5 Å². The highest BCUT2D eigenvalue weighted by atomic mass is 32.2. The zero-order valence-corrected chi connectivity index (χ0v) is 17.8. The Hall–Kier alpha value is -3.04. The van der Waals surface area contributed by atoms with Crippen molar-refractivity contribution in [2.45, 2.75) is 18.1 Å². The van der Waals surface area contributed by atoms with Crippen molar-refractivity contribution < 1.29 is 13.6 Å². The van der Waals surface area contributed by atoms with Crippen molar-refractivity contribution in [1.29, 1.82) is 0 Å². The molecular formula is C22H17F2N3O2S2. The number of hydrogen-bond acceptors (Lipinski definition) is 5. The van der Waals surface area contributed by atoms with Crippen LogP contribution in [0.1, 0.15) is 4.88 Å². The number of thioether (sulfide) groups is 1. The van der Waals surface area contributed by atoms with E-state index in [9.17, 15) is 18.4 Å². The molecule has 0 fully saturated rings. The van der Waals surface area contributed by atoms with Gasteiger partial charge in [0.25, 0.3) is 5.56 Å². The van der Waals surface area contributed by atoms with Crippen molar-refractivity contribution in [1.82, 2.24) is 9.55 Å². The summed E-state index contributed by atoms with van der Waals surface area (Å²) in [5, 5.41) is 5.46. The van der Waals surface area contributed by atoms with Gasteiger partial charge in [0.1, 0.15) is 0 Å². The summed E-state index contributed by atoms with van der Waals surface area (Å²) in [6.07, 6.45) is 0.673. The highest BCUT2D eigenvalue weighted by Crippen LogP contribution is 2.20. The van der Waals surface area contributed by atoms with Gasteiger partial charge in [-0.05, 0) is 42.1 Å². The van der Waals surface area contributed by atoms with Crippen LogP contribution in [0.2, 0.25) is 0 Å². The predicted molar refractivity (Wildman–Crippen MR) is 120 cm³/mol. The Kier molecular flexibility index (Phi) is 6.43. The zero-order chi connectivity index (χ0) is 21.8. The smallest absolute Gasteiger partial charge is 0.262 e. The summed E-state index contributed by atoms with van der Waals surface area (Å²) < 4.78 is 28.0. The van der Waals surface area contributed by atoms with Gasteiger partial charge in [0.05, 0.1) is 16.7 Å². The molecule has 31 heavy (non-hydrogen) atoms. The molecule has 5 nitrogen and oxygen atoms in total. The summed E-state index contributed by atoms with van der Waals surface area (Å²) in [5.41, 5.74) is 0.556. The fourth-order valence-corrected chi connectivity index (χ4v) is 4.56. The molecule has 0 radical (unpaired) electrons. The molecule has 2 aromatic carbocycles. The summed E-state index contributed by atoms with van der Waals surface area (Å²) in [4.78, 5) is 31.1. The minimum atomic E-state index is -1.04. The number of carbonyl (C=O) groups is 1. The average Bonchev–Trinajstić information content (AvgIpc) is 3.28. The van der Waals surface area contributed by atoms with E-state index in [-0.39, 0.29) is 17.0 Å². The van der Waals surface area contributed by atoms with Crippen LogP contribution in [-0.4, -0.2) is 21.2 Å². The minimum Gasteiger partial charge on any atom is -0.325 e. The number of aryl methyl sites for hydroxylation is 1. The monoisotopic (exact) mass is 457 g/mol. The molecule has 0 unspecified atom stereocenters. The second kappa shape index (κ2) is 9.40. The maximum absolute atomic E-state index is 13.3. The number of anilines is 1. The van der Waals surface area contributed by atoms with Crippen LogP contribution < -0.4 is 10.9 Å². The number of benzene rings is 2. The molecule has 0 aliphatic carbocycles. The number of aromatic nitrogens is 2. The summed E-state index contributed by atoms with van der Waals surface area (Å²) in [6, 6.07) is 14.2. The van der Waals surface area contributed by atoms with Gasteiger partial charge < -0.3 is 5.32 Å². The molecule has 2 heterocycles. The molecule has 4 rings (SSSR count). The Bertz CT molecular complexity index is 1290. The van der Waals surface area contributed by atoms with Crippen molar-refractivity contribution in [2.75, 3.05) is 11.1 Å². The van der Waals surface area contributed by atoms with Crippen LogP contribution in [0.3, 0.4) is 0 Å². The van der Waals surface area contributed by atoms with Crippen molar-refractivity contribution in [3.63, 3.8) is 0 Å². The number of carbonyl (C=O) groups excluding carboxylic acids is 1. The number of hydrogen-bond donors (Lipinski definition) is 1. The molecule has 0 aliphatic rings. The van der Waals surface area contributed by atoms with Crippen LogP contribution in [0.25, 0.3) is 10.9 Å². The second-order valence-corrected chi connectivity index (χ2v) is 8.64. The summed E-state index contributed by atoms with van der Waals surface area (Å²) in [5.74, 6) is -2.47. The van der Waals surface area contributed by atoms with E-state index in [1.165, 1.54) is 6.07 Å². The maximum Gasteiger partial charge on any atom is 0.262 e. The first kappa shape index (κ1) is 21.2. The standard InChI is InChI=1S/C22H17F2N3O2S2/c23-17-8-7-14(12-18(17)24)25-20(28)13-31-22-26-19-6-2-1-5-16(19)21(29)27(22)10-9-15-4-3-11-30-15/h1-8,11-12H,9-10,13H2,(H,25,28). The average molecular weight is 458 g/mol. The molecule has 158 valence electrons. The van der Waals surface area contributed by atoms with E-state index in [4.69, 9.17) is 0 Å². The Labute approximate surface area is 184 Å². The van der Waals surface area contributed by atoms with Crippen LogP contribution in [0.5, 0.6) is 0 Å². The number of thiophene rings is 1. The molecule has 0 saturated heterocycles. The van der Waals surface area contributed by atoms with Gasteiger partial charge in [0.15, 0.2) is 16.8 Å². The molecule has 0 saturated carbocycles. The van der Waals surface area contributed by atoms with E-state index in [0.717, 1.165) is 28.8 Å². The Morgan fingerprint density at radius 2 is 1.94 bits per heavy atom. The number of nitrogens with zero attached hydrogens (tertiary/aromatic N) is 2. The number of amides is 1. The van der Waals surface area contributed by atoms with Gasteiger partial charge in [-0.1, -0.05) is 30.0 Å². The van der Waals surface area contributed by atoms with Crippen LogP contribution in [-0.2, 0) is 17.8 Å². The van der Waals surface area contributed by atoms with E-state index in [2.05, 4.69) is 10.3 Å². The van der Waals surface area contributed by atoms with Gasteiger partial charge in [-0.25, -0.2) is 13.8 Å². The molecular weight excluding hydrogens is 440 g/mol. The predicted octanol–water partition coefficient (Wildman–Crippen LogP) is 4.71. The lowest BCUT2D eigenvalue weighted by molar-refractivity contribution is -0.113. The minimum absolute atomic E-state index is 0.0389. The third-order valence-corrected chi connectivity index (χ3v) is 6.44. The summed E-state index contributed by atoms with van der Waals surface area (Å²) in [7, 11) is 0. The molecule has 1 N–H and O–H groups in total. The number of para-hydroxylation sites is 1. The first-order valence-electron chi connectivity index (χ1n) is 9.41. The first-order valence-corrected chi connectivity index (χ1v) is 11.3. The van der Waals surface area contributed by atoms with Gasteiger partial charge in [-0.2, -0.15) is 0 Å². The highest BCUT2D eigenvalue weighted by molar-refractivity contribution is 7.99. The highest BCUT2D eigenvalue weighted by Gasteiger charge is 2.14. The topological polar surface area (TPSA) is 64.0 Å². The second-order valence-electron chi connectivity index (χ2n) is 6.66. The van der Waals surface area contributed by atoms with E-state index < -0.39 is 17.5 Å². The third-order valence-electron chi connectivity index (χ3n) is 4.52. The van der Waals surface area contributed by atoms with Gasteiger partial charge in [0.2, 0.25) is 5.91 Å². The lowest BCUT2D eigenvalue weighted by Crippen LogP contribution is -2.25. The van der Waals surface area contributed by atoms with E-state index >= 15 is 0 Å². The molecule has 9 heteroatoms. The molecule has 0 atom stereocenters. The largest absolute Gasteiger partial charge is 0.325 e. The van der Waals surface area contributed by atoms with Crippen molar-refractivity contribution >= 4 is 45.6 Å². The van der Waals surface area contributed by atoms with Crippen molar-refractivity contribution in [2.24, 2.45) is 0 Å².